The third kappa shape index (κ3) is 8.85. The van der Waals surface area contributed by atoms with Crippen molar-refractivity contribution in [3.8, 4) is 0 Å². The Labute approximate surface area is 129 Å². The van der Waals surface area contributed by atoms with Crippen molar-refractivity contribution in [3.05, 3.63) is 24.7 Å². The molecule has 0 aliphatic carbocycles. The third-order valence-electron chi connectivity index (χ3n) is 2.96. The highest BCUT2D eigenvalue weighted by Crippen LogP contribution is 2.06. The van der Waals surface area contributed by atoms with E-state index in [0.29, 0.717) is 25.8 Å². The molecule has 0 heterocycles. The number of hydrogen-bond donors (Lipinski definition) is 6. The highest BCUT2D eigenvalue weighted by molar-refractivity contribution is 5.74. The molecule has 7 N–H and O–H groups in total. The number of carboxylic acid groups (broad SMARTS) is 2. The number of unbranched alkanes of at least 4 members (excludes halogenated alkanes) is 1. The predicted molar refractivity (Wildman–Crippen MR) is 82.2 cm³/mol. The molecule has 2 atom stereocenters. The zero-order valence-electron chi connectivity index (χ0n) is 12.5. The largest absolute Gasteiger partial charge is 0.513 e. The van der Waals surface area contributed by atoms with Crippen LogP contribution in [0.5, 0.6) is 0 Å². The standard InChI is InChI=1S/C14H25N3O5/c1-9(18)6-7-12(14(21)22)17-10(2)16-11(13(19)20)5-3-4-8-15/h11-12,16-18H,1-8,15H2,(H,19,20)(H,21,22). The summed E-state index contributed by atoms with van der Waals surface area (Å²) in [6.45, 7) is 7.37. The van der Waals surface area contributed by atoms with E-state index in [-0.39, 0.29) is 24.4 Å². The first-order valence-electron chi connectivity index (χ1n) is 7.02. The number of aliphatic hydroxyl groups is 1. The van der Waals surface area contributed by atoms with Gasteiger partial charge in [0.1, 0.15) is 12.1 Å². The van der Waals surface area contributed by atoms with Gasteiger partial charge in [-0.2, -0.15) is 0 Å². The van der Waals surface area contributed by atoms with Crippen LogP contribution >= 0.6 is 0 Å². The molecule has 126 valence electrons. The average molecular weight is 315 g/mol. The molecule has 0 aromatic carbocycles. The van der Waals surface area contributed by atoms with Crippen molar-refractivity contribution < 1.29 is 24.9 Å². The summed E-state index contributed by atoms with van der Waals surface area (Å²) in [5, 5.41) is 32.5. The Hall–Kier alpha value is -2.22. The molecular formula is C14H25N3O5. The lowest BCUT2D eigenvalue weighted by molar-refractivity contribution is -0.139. The number of carbonyl (C=O) groups is 2. The molecule has 0 rings (SSSR count). The van der Waals surface area contributed by atoms with E-state index in [0.717, 1.165) is 0 Å². The van der Waals surface area contributed by atoms with E-state index in [1.807, 2.05) is 0 Å². The topological polar surface area (TPSA) is 145 Å². The monoisotopic (exact) mass is 315 g/mol. The number of allylic oxidation sites excluding steroid dienone is 1. The van der Waals surface area contributed by atoms with Crippen molar-refractivity contribution >= 4 is 11.9 Å². The molecule has 8 heteroatoms. The smallest absolute Gasteiger partial charge is 0.326 e. The number of hydrogen-bond acceptors (Lipinski definition) is 6. The zero-order chi connectivity index (χ0) is 17.1. The van der Waals surface area contributed by atoms with Crippen molar-refractivity contribution in [2.24, 2.45) is 5.73 Å². The molecule has 0 saturated heterocycles. The first-order valence-corrected chi connectivity index (χ1v) is 7.02. The van der Waals surface area contributed by atoms with Crippen LogP contribution in [-0.4, -0.2) is 45.9 Å². The van der Waals surface area contributed by atoms with Gasteiger partial charge >= 0.3 is 11.9 Å². The van der Waals surface area contributed by atoms with Crippen LogP contribution in [-0.2, 0) is 9.59 Å². The van der Waals surface area contributed by atoms with E-state index in [9.17, 15) is 9.59 Å². The molecule has 0 aliphatic heterocycles. The Kier molecular flexibility index (Phi) is 9.44. The number of rotatable bonds is 13. The van der Waals surface area contributed by atoms with Crippen molar-refractivity contribution in [3.63, 3.8) is 0 Å². The Bertz CT molecular complexity index is 411. The molecule has 0 aromatic heterocycles. The maximum atomic E-state index is 11.1. The second-order valence-electron chi connectivity index (χ2n) is 4.94. The summed E-state index contributed by atoms with van der Waals surface area (Å²) in [7, 11) is 0. The van der Waals surface area contributed by atoms with E-state index in [4.69, 9.17) is 21.1 Å². The van der Waals surface area contributed by atoms with Crippen molar-refractivity contribution in [2.75, 3.05) is 6.54 Å². The number of carboxylic acids is 2. The van der Waals surface area contributed by atoms with Crippen LogP contribution in [0.15, 0.2) is 24.7 Å². The molecule has 0 bridgehead atoms. The summed E-state index contributed by atoms with van der Waals surface area (Å²) in [4.78, 5) is 22.2. The predicted octanol–water partition coefficient (Wildman–Crippen LogP) is 0.524. The molecule has 2 unspecified atom stereocenters. The molecule has 0 amide bonds. The number of nitrogens with one attached hydrogen (secondary N) is 2. The van der Waals surface area contributed by atoms with Gasteiger partial charge in [0.15, 0.2) is 0 Å². The summed E-state index contributed by atoms with van der Waals surface area (Å²) in [6.07, 6.45) is 1.94. The lowest BCUT2D eigenvalue weighted by atomic mass is 10.1. The number of nitrogens with two attached hydrogens (primary N) is 1. The maximum absolute atomic E-state index is 11.1. The Morgan fingerprint density at radius 2 is 1.45 bits per heavy atom. The van der Waals surface area contributed by atoms with Crippen LogP contribution < -0.4 is 16.4 Å². The molecular weight excluding hydrogens is 290 g/mol. The van der Waals surface area contributed by atoms with Gasteiger partial charge in [-0.25, -0.2) is 9.59 Å². The van der Waals surface area contributed by atoms with Gasteiger partial charge in [0, 0.05) is 6.42 Å². The Balaban J connectivity index is 4.47. The van der Waals surface area contributed by atoms with Crippen LogP contribution in [0.4, 0.5) is 0 Å². The minimum atomic E-state index is -1.13. The van der Waals surface area contributed by atoms with Gasteiger partial charge in [-0.3, -0.25) is 0 Å². The molecule has 22 heavy (non-hydrogen) atoms. The lowest BCUT2D eigenvalue weighted by Crippen LogP contribution is -2.45. The fraction of sp³-hybridized carbons (Fsp3) is 0.571. The minimum Gasteiger partial charge on any atom is -0.513 e. The van der Waals surface area contributed by atoms with Gasteiger partial charge < -0.3 is 31.7 Å². The van der Waals surface area contributed by atoms with Crippen LogP contribution in [0.2, 0.25) is 0 Å². The zero-order valence-corrected chi connectivity index (χ0v) is 12.5. The molecule has 0 fully saturated rings. The Morgan fingerprint density at radius 3 is 1.86 bits per heavy atom. The second kappa shape index (κ2) is 10.5. The quantitative estimate of drug-likeness (QED) is 0.213. The maximum Gasteiger partial charge on any atom is 0.326 e. The van der Waals surface area contributed by atoms with Gasteiger partial charge in [-0.05, 0) is 32.2 Å². The number of aliphatic carboxylic acids is 2. The van der Waals surface area contributed by atoms with E-state index < -0.39 is 24.0 Å². The lowest BCUT2D eigenvalue weighted by Gasteiger charge is -2.22. The molecule has 0 aromatic rings. The Morgan fingerprint density at radius 1 is 0.955 bits per heavy atom. The molecule has 8 nitrogen and oxygen atoms in total. The van der Waals surface area contributed by atoms with Crippen molar-refractivity contribution in [1.82, 2.24) is 10.6 Å². The molecule has 0 radical (unpaired) electrons. The SMILES string of the molecule is C=C(O)CCC(NC(=C)NC(CCCCN)C(=O)O)C(=O)O. The molecule has 0 saturated carbocycles. The van der Waals surface area contributed by atoms with E-state index >= 15 is 0 Å². The second-order valence-corrected chi connectivity index (χ2v) is 4.94. The highest BCUT2D eigenvalue weighted by Gasteiger charge is 2.21. The normalized spacial score (nSPS) is 13.0. The summed E-state index contributed by atoms with van der Waals surface area (Å²) >= 11 is 0. The fourth-order valence-corrected chi connectivity index (χ4v) is 1.78. The van der Waals surface area contributed by atoms with Crippen molar-refractivity contribution in [2.45, 2.75) is 44.2 Å². The first kappa shape index (κ1) is 19.8. The van der Waals surface area contributed by atoms with E-state index in [1.54, 1.807) is 0 Å². The van der Waals surface area contributed by atoms with E-state index in [2.05, 4.69) is 23.8 Å². The highest BCUT2D eigenvalue weighted by atomic mass is 16.4. The van der Waals surface area contributed by atoms with Gasteiger partial charge in [0.2, 0.25) is 0 Å². The number of aliphatic hydroxyl groups excluding tert-OH is 1. The third-order valence-corrected chi connectivity index (χ3v) is 2.96. The van der Waals surface area contributed by atoms with Crippen LogP contribution in [0.3, 0.4) is 0 Å². The average Bonchev–Trinajstić information content (AvgIpc) is 2.41. The van der Waals surface area contributed by atoms with Gasteiger partial charge in [-0.15, -0.1) is 0 Å². The van der Waals surface area contributed by atoms with Crippen LogP contribution in [0, 0.1) is 0 Å². The summed E-state index contributed by atoms with van der Waals surface area (Å²) in [5.41, 5.74) is 5.36. The summed E-state index contributed by atoms with van der Waals surface area (Å²) in [5.74, 6) is -2.18. The van der Waals surface area contributed by atoms with Crippen LogP contribution in [0.25, 0.3) is 0 Å². The van der Waals surface area contributed by atoms with Gasteiger partial charge in [-0.1, -0.05) is 13.2 Å². The summed E-state index contributed by atoms with van der Waals surface area (Å²) in [6, 6.07) is -1.86. The minimum absolute atomic E-state index is 0.107. The van der Waals surface area contributed by atoms with Gasteiger partial charge in [0.05, 0.1) is 11.6 Å². The first-order chi connectivity index (χ1) is 10.3. The van der Waals surface area contributed by atoms with Crippen LogP contribution in [0.1, 0.15) is 32.1 Å². The molecule has 0 aliphatic rings. The summed E-state index contributed by atoms with van der Waals surface area (Å²) < 4.78 is 0. The fourth-order valence-electron chi connectivity index (χ4n) is 1.78. The van der Waals surface area contributed by atoms with Crippen molar-refractivity contribution in [1.29, 1.82) is 0 Å². The van der Waals surface area contributed by atoms with Gasteiger partial charge in [0.25, 0.3) is 0 Å². The molecule has 0 spiro atoms. The van der Waals surface area contributed by atoms with E-state index in [1.165, 1.54) is 0 Å².